The van der Waals surface area contributed by atoms with Crippen LogP contribution in [0, 0.1) is 0 Å². The molecule has 0 saturated carbocycles. The summed E-state index contributed by atoms with van der Waals surface area (Å²) in [5.74, 6) is 1.84. The summed E-state index contributed by atoms with van der Waals surface area (Å²) >= 11 is 0. The van der Waals surface area contributed by atoms with Gasteiger partial charge in [0.25, 0.3) is 0 Å². The maximum absolute atomic E-state index is 6.45. The number of rotatable bonds is 3. The lowest BCUT2D eigenvalue weighted by Gasteiger charge is -2.38. The zero-order valence-corrected chi connectivity index (χ0v) is 13.8. The number of piperazine rings is 1. The minimum atomic E-state index is 0.510. The fraction of sp³-hybridized carbons (Fsp3) is 0.750. The van der Waals surface area contributed by atoms with Crippen molar-refractivity contribution in [3.63, 3.8) is 0 Å². The molecule has 1 unspecified atom stereocenters. The first-order valence-electron chi connectivity index (χ1n) is 8.55. The molecular formula is C16H28N6. The number of nitrogens with zero attached hydrogens (tertiary/aromatic N) is 5. The highest BCUT2D eigenvalue weighted by Gasteiger charge is 2.25. The average Bonchev–Trinajstić information content (AvgIpc) is 2.56. The van der Waals surface area contributed by atoms with E-state index in [9.17, 15) is 0 Å². The molecule has 2 aliphatic heterocycles. The highest BCUT2D eigenvalue weighted by molar-refractivity contribution is 5.76. The van der Waals surface area contributed by atoms with E-state index in [1.807, 2.05) is 0 Å². The lowest BCUT2D eigenvalue weighted by Crippen LogP contribution is -2.47. The molecule has 3 heterocycles. The number of nitrogens with two attached hydrogens (primary N) is 1. The van der Waals surface area contributed by atoms with Gasteiger partial charge in [-0.05, 0) is 32.7 Å². The molecule has 1 aromatic heterocycles. The van der Waals surface area contributed by atoms with Crippen LogP contribution >= 0.6 is 0 Å². The Morgan fingerprint density at radius 2 is 1.82 bits per heavy atom. The van der Waals surface area contributed by atoms with Crippen LogP contribution < -0.4 is 15.5 Å². The van der Waals surface area contributed by atoms with Crippen LogP contribution in [0.25, 0.3) is 0 Å². The molecule has 22 heavy (non-hydrogen) atoms. The molecule has 0 radical (unpaired) electrons. The highest BCUT2D eigenvalue weighted by Crippen LogP contribution is 2.32. The Hall–Kier alpha value is -1.56. The SMILES string of the molecule is CCN1CCN(c2ncnc(N3CCCCC3C)c2N)CC1. The summed E-state index contributed by atoms with van der Waals surface area (Å²) in [5.41, 5.74) is 7.20. The van der Waals surface area contributed by atoms with Crippen molar-refractivity contribution in [3.05, 3.63) is 6.33 Å². The van der Waals surface area contributed by atoms with E-state index in [0.717, 1.165) is 56.6 Å². The third-order valence-electron chi connectivity index (χ3n) is 5.04. The van der Waals surface area contributed by atoms with E-state index in [-0.39, 0.29) is 0 Å². The predicted molar refractivity (Wildman–Crippen MR) is 91.4 cm³/mol. The van der Waals surface area contributed by atoms with Crippen molar-refractivity contribution in [1.29, 1.82) is 0 Å². The van der Waals surface area contributed by atoms with E-state index < -0.39 is 0 Å². The van der Waals surface area contributed by atoms with Crippen LogP contribution in [-0.4, -0.2) is 60.2 Å². The van der Waals surface area contributed by atoms with Gasteiger partial charge in [0, 0.05) is 38.8 Å². The van der Waals surface area contributed by atoms with Gasteiger partial charge in [0.05, 0.1) is 0 Å². The van der Waals surface area contributed by atoms with Crippen molar-refractivity contribution in [3.8, 4) is 0 Å². The lowest BCUT2D eigenvalue weighted by molar-refractivity contribution is 0.270. The molecule has 6 nitrogen and oxygen atoms in total. The van der Waals surface area contributed by atoms with Gasteiger partial charge in [0.15, 0.2) is 11.6 Å². The van der Waals surface area contributed by atoms with Crippen LogP contribution in [0.5, 0.6) is 0 Å². The standard InChI is InChI=1S/C16H28N6/c1-3-20-8-10-21(11-9-20)15-14(17)16(19-12-18-15)22-7-5-4-6-13(22)2/h12-13H,3-11,17H2,1-2H3. The van der Waals surface area contributed by atoms with Gasteiger partial charge in [-0.25, -0.2) is 9.97 Å². The first-order chi connectivity index (χ1) is 10.7. The molecule has 0 amide bonds. The van der Waals surface area contributed by atoms with Crippen LogP contribution in [0.4, 0.5) is 17.3 Å². The van der Waals surface area contributed by atoms with Crippen molar-refractivity contribution < 1.29 is 0 Å². The van der Waals surface area contributed by atoms with E-state index in [0.29, 0.717) is 6.04 Å². The molecule has 3 rings (SSSR count). The molecule has 0 bridgehead atoms. The Bertz CT molecular complexity index is 497. The number of aromatic nitrogens is 2. The summed E-state index contributed by atoms with van der Waals surface area (Å²) in [6.07, 6.45) is 5.41. The molecule has 122 valence electrons. The number of anilines is 3. The molecular weight excluding hydrogens is 276 g/mol. The summed E-state index contributed by atoms with van der Waals surface area (Å²) in [6, 6.07) is 0.510. The molecule has 0 aliphatic carbocycles. The summed E-state index contributed by atoms with van der Waals surface area (Å²) in [4.78, 5) is 16.1. The third kappa shape index (κ3) is 2.97. The maximum atomic E-state index is 6.45. The molecule has 2 saturated heterocycles. The van der Waals surface area contributed by atoms with E-state index in [1.54, 1.807) is 6.33 Å². The van der Waals surface area contributed by atoms with Crippen molar-refractivity contribution in [2.75, 3.05) is 54.8 Å². The van der Waals surface area contributed by atoms with Crippen molar-refractivity contribution in [2.24, 2.45) is 0 Å². The van der Waals surface area contributed by atoms with Crippen molar-refractivity contribution in [2.45, 2.75) is 39.2 Å². The van der Waals surface area contributed by atoms with Crippen molar-refractivity contribution >= 4 is 17.3 Å². The monoisotopic (exact) mass is 304 g/mol. The second-order valence-electron chi connectivity index (χ2n) is 6.39. The van der Waals surface area contributed by atoms with Gasteiger partial charge in [0.1, 0.15) is 12.0 Å². The van der Waals surface area contributed by atoms with Crippen LogP contribution in [0.3, 0.4) is 0 Å². The molecule has 1 atom stereocenters. The first kappa shape index (κ1) is 15.3. The first-order valence-corrected chi connectivity index (χ1v) is 8.55. The van der Waals surface area contributed by atoms with Gasteiger partial charge >= 0.3 is 0 Å². The summed E-state index contributed by atoms with van der Waals surface area (Å²) < 4.78 is 0. The molecule has 0 aromatic carbocycles. The van der Waals surface area contributed by atoms with Gasteiger partial charge in [-0.3, -0.25) is 0 Å². The summed E-state index contributed by atoms with van der Waals surface area (Å²) in [7, 11) is 0. The molecule has 2 fully saturated rings. The summed E-state index contributed by atoms with van der Waals surface area (Å²) in [6.45, 7) is 10.8. The molecule has 6 heteroatoms. The Labute approximate surface area is 133 Å². The van der Waals surface area contributed by atoms with E-state index >= 15 is 0 Å². The molecule has 2 N–H and O–H groups in total. The average molecular weight is 304 g/mol. The van der Waals surface area contributed by atoms with Gasteiger partial charge in [-0.2, -0.15) is 0 Å². The minimum absolute atomic E-state index is 0.510. The maximum Gasteiger partial charge on any atom is 0.157 e. The van der Waals surface area contributed by atoms with Crippen LogP contribution in [0.2, 0.25) is 0 Å². The Balaban J connectivity index is 1.80. The highest BCUT2D eigenvalue weighted by atomic mass is 15.3. The lowest BCUT2D eigenvalue weighted by atomic mass is 10.0. The van der Waals surface area contributed by atoms with Crippen LogP contribution in [0.15, 0.2) is 6.33 Å². The van der Waals surface area contributed by atoms with Crippen molar-refractivity contribution in [1.82, 2.24) is 14.9 Å². The smallest absolute Gasteiger partial charge is 0.157 e. The fourth-order valence-electron chi connectivity index (χ4n) is 3.55. The van der Waals surface area contributed by atoms with E-state index in [1.165, 1.54) is 19.3 Å². The van der Waals surface area contributed by atoms with Gasteiger partial charge in [0.2, 0.25) is 0 Å². The Morgan fingerprint density at radius 1 is 1.09 bits per heavy atom. The zero-order chi connectivity index (χ0) is 15.5. The number of hydrogen-bond donors (Lipinski definition) is 1. The quantitative estimate of drug-likeness (QED) is 0.915. The Kier molecular flexibility index (Phi) is 4.66. The van der Waals surface area contributed by atoms with Crippen LogP contribution in [0.1, 0.15) is 33.1 Å². The predicted octanol–water partition coefficient (Wildman–Crippen LogP) is 1.58. The second kappa shape index (κ2) is 6.69. The third-order valence-corrected chi connectivity index (χ3v) is 5.04. The minimum Gasteiger partial charge on any atom is -0.393 e. The number of piperidine rings is 1. The molecule has 0 spiro atoms. The molecule has 2 aliphatic rings. The van der Waals surface area contributed by atoms with Crippen LogP contribution in [-0.2, 0) is 0 Å². The normalized spacial score (nSPS) is 23.8. The molecule has 1 aromatic rings. The number of nitrogen functional groups attached to an aromatic ring is 1. The largest absolute Gasteiger partial charge is 0.393 e. The zero-order valence-electron chi connectivity index (χ0n) is 13.8. The van der Waals surface area contributed by atoms with Gasteiger partial charge < -0.3 is 20.4 Å². The second-order valence-corrected chi connectivity index (χ2v) is 6.39. The Morgan fingerprint density at radius 3 is 2.50 bits per heavy atom. The van der Waals surface area contributed by atoms with E-state index in [2.05, 4.69) is 38.5 Å². The number of hydrogen-bond acceptors (Lipinski definition) is 6. The van der Waals surface area contributed by atoms with E-state index in [4.69, 9.17) is 5.73 Å². The van der Waals surface area contributed by atoms with Gasteiger partial charge in [-0.15, -0.1) is 0 Å². The number of likely N-dealkylation sites (N-methyl/N-ethyl adjacent to an activating group) is 1. The fourth-order valence-corrected chi connectivity index (χ4v) is 3.55. The summed E-state index contributed by atoms with van der Waals surface area (Å²) in [5, 5.41) is 0. The topological polar surface area (TPSA) is 61.5 Å². The van der Waals surface area contributed by atoms with Gasteiger partial charge in [-0.1, -0.05) is 6.92 Å².